The van der Waals surface area contributed by atoms with Gasteiger partial charge in [-0.3, -0.25) is 9.59 Å². The quantitative estimate of drug-likeness (QED) is 0.0563. The predicted molar refractivity (Wildman–Crippen MR) is 163 cm³/mol. The number of carbonyl (C=O) groups is 2. The van der Waals surface area contributed by atoms with Crippen LogP contribution in [-0.4, -0.2) is 23.1 Å². The van der Waals surface area contributed by atoms with Gasteiger partial charge in [0.1, 0.15) is 6.10 Å². The standard InChI is InChI=1S/C34H64O4/c1-3-5-7-9-11-13-15-17-19-21-23-25-27-29-32(31-33(35)36)38-34(37)30-28-26-24-22-20-18-16-14-12-10-8-6-4-2/h14,16,32H,3-13,15,17-31H2,1-2H3,(H,35,36)/b16-14-. The van der Waals surface area contributed by atoms with Crippen molar-refractivity contribution in [2.24, 2.45) is 0 Å². The zero-order chi connectivity index (χ0) is 27.9. The van der Waals surface area contributed by atoms with E-state index in [0.29, 0.717) is 12.8 Å². The molecule has 0 aliphatic carbocycles. The minimum Gasteiger partial charge on any atom is -0.481 e. The lowest BCUT2D eigenvalue weighted by Crippen LogP contribution is -2.21. The fourth-order valence-electron chi connectivity index (χ4n) is 5.02. The van der Waals surface area contributed by atoms with Crippen LogP contribution < -0.4 is 0 Å². The van der Waals surface area contributed by atoms with Crippen molar-refractivity contribution in [1.82, 2.24) is 0 Å². The number of esters is 1. The molecule has 4 heteroatoms. The van der Waals surface area contributed by atoms with Gasteiger partial charge in [-0.2, -0.15) is 0 Å². The first-order valence-electron chi connectivity index (χ1n) is 16.7. The van der Waals surface area contributed by atoms with Gasteiger partial charge in [-0.1, -0.05) is 142 Å². The molecule has 0 fully saturated rings. The average molecular weight is 537 g/mol. The largest absolute Gasteiger partial charge is 0.481 e. The van der Waals surface area contributed by atoms with Crippen LogP contribution in [0.1, 0.15) is 187 Å². The molecule has 224 valence electrons. The first-order valence-corrected chi connectivity index (χ1v) is 16.7. The predicted octanol–water partition coefficient (Wildman–Crippen LogP) is 11.1. The Morgan fingerprint density at radius 2 is 0.974 bits per heavy atom. The van der Waals surface area contributed by atoms with Gasteiger partial charge in [0.15, 0.2) is 0 Å². The highest BCUT2D eigenvalue weighted by Crippen LogP contribution is 2.16. The molecular weight excluding hydrogens is 472 g/mol. The summed E-state index contributed by atoms with van der Waals surface area (Å²) in [7, 11) is 0. The summed E-state index contributed by atoms with van der Waals surface area (Å²) in [6, 6.07) is 0. The Hall–Kier alpha value is -1.32. The highest BCUT2D eigenvalue weighted by atomic mass is 16.5. The third-order valence-electron chi connectivity index (χ3n) is 7.47. The second-order valence-corrected chi connectivity index (χ2v) is 11.4. The van der Waals surface area contributed by atoms with E-state index in [1.165, 1.54) is 116 Å². The van der Waals surface area contributed by atoms with Crippen LogP contribution in [0.15, 0.2) is 12.2 Å². The molecule has 0 aromatic rings. The Bertz CT molecular complexity index is 543. The third-order valence-corrected chi connectivity index (χ3v) is 7.47. The zero-order valence-electron chi connectivity index (χ0n) is 25.5. The smallest absolute Gasteiger partial charge is 0.307 e. The second kappa shape index (κ2) is 30.2. The number of carbonyl (C=O) groups excluding carboxylic acids is 1. The molecule has 0 aromatic heterocycles. The highest BCUT2D eigenvalue weighted by Gasteiger charge is 2.17. The molecule has 0 aromatic carbocycles. The lowest BCUT2D eigenvalue weighted by Gasteiger charge is -2.16. The summed E-state index contributed by atoms with van der Waals surface area (Å²) in [6.07, 6.45) is 35.1. The summed E-state index contributed by atoms with van der Waals surface area (Å²) in [4.78, 5) is 23.5. The van der Waals surface area contributed by atoms with Gasteiger partial charge in [0.25, 0.3) is 0 Å². The van der Waals surface area contributed by atoms with Gasteiger partial charge in [-0.15, -0.1) is 0 Å². The zero-order valence-corrected chi connectivity index (χ0v) is 25.5. The SMILES string of the molecule is CCCCCC/C=C\CCCCCCCC(=O)OC(CCCCCCCCCCCCCCC)CC(=O)O. The normalized spacial score (nSPS) is 12.3. The molecule has 1 atom stereocenters. The summed E-state index contributed by atoms with van der Waals surface area (Å²) in [6.45, 7) is 4.51. The van der Waals surface area contributed by atoms with E-state index in [4.69, 9.17) is 4.74 Å². The van der Waals surface area contributed by atoms with Crippen LogP contribution >= 0.6 is 0 Å². The van der Waals surface area contributed by atoms with E-state index in [0.717, 1.165) is 38.5 Å². The molecule has 38 heavy (non-hydrogen) atoms. The van der Waals surface area contributed by atoms with E-state index >= 15 is 0 Å². The second-order valence-electron chi connectivity index (χ2n) is 11.4. The van der Waals surface area contributed by atoms with Crippen molar-refractivity contribution in [1.29, 1.82) is 0 Å². The maximum atomic E-state index is 12.2. The number of carboxylic acid groups (broad SMARTS) is 1. The molecule has 0 amide bonds. The molecule has 0 saturated carbocycles. The van der Waals surface area contributed by atoms with Crippen molar-refractivity contribution < 1.29 is 19.4 Å². The van der Waals surface area contributed by atoms with Crippen molar-refractivity contribution >= 4 is 11.9 Å². The van der Waals surface area contributed by atoms with Gasteiger partial charge in [0.05, 0.1) is 6.42 Å². The van der Waals surface area contributed by atoms with Crippen LogP contribution in [-0.2, 0) is 14.3 Å². The summed E-state index contributed by atoms with van der Waals surface area (Å²) in [5.41, 5.74) is 0. The molecule has 0 heterocycles. The summed E-state index contributed by atoms with van der Waals surface area (Å²) >= 11 is 0. The lowest BCUT2D eigenvalue weighted by atomic mass is 10.0. The molecule has 0 saturated heterocycles. The summed E-state index contributed by atoms with van der Waals surface area (Å²) in [5, 5.41) is 9.20. The molecule has 0 spiro atoms. The summed E-state index contributed by atoms with van der Waals surface area (Å²) in [5.74, 6) is -1.11. The Morgan fingerprint density at radius 1 is 0.579 bits per heavy atom. The van der Waals surface area contributed by atoms with Crippen LogP contribution in [0, 0.1) is 0 Å². The number of rotatable bonds is 30. The van der Waals surface area contributed by atoms with Crippen LogP contribution in [0.4, 0.5) is 0 Å². The number of carboxylic acids is 1. The molecule has 1 unspecified atom stereocenters. The van der Waals surface area contributed by atoms with Gasteiger partial charge in [-0.05, 0) is 44.9 Å². The fraction of sp³-hybridized carbons (Fsp3) is 0.882. The van der Waals surface area contributed by atoms with E-state index in [1.807, 2.05) is 0 Å². The minimum atomic E-state index is -0.882. The molecule has 0 aliphatic rings. The first kappa shape index (κ1) is 36.7. The number of unbranched alkanes of at least 4 members (excludes halogenated alkanes) is 21. The van der Waals surface area contributed by atoms with E-state index in [9.17, 15) is 14.7 Å². The molecule has 4 nitrogen and oxygen atoms in total. The fourth-order valence-corrected chi connectivity index (χ4v) is 5.02. The van der Waals surface area contributed by atoms with Gasteiger partial charge in [0.2, 0.25) is 0 Å². The van der Waals surface area contributed by atoms with Gasteiger partial charge >= 0.3 is 11.9 Å². The van der Waals surface area contributed by atoms with E-state index in [-0.39, 0.29) is 12.4 Å². The maximum Gasteiger partial charge on any atom is 0.307 e. The molecule has 1 N–H and O–H groups in total. The van der Waals surface area contributed by atoms with E-state index in [2.05, 4.69) is 26.0 Å². The number of aliphatic carboxylic acids is 1. The number of allylic oxidation sites excluding steroid dienone is 2. The van der Waals surface area contributed by atoms with E-state index < -0.39 is 12.1 Å². The topological polar surface area (TPSA) is 63.6 Å². The van der Waals surface area contributed by atoms with Crippen LogP contribution in [0.2, 0.25) is 0 Å². The van der Waals surface area contributed by atoms with Crippen molar-refractivity contribution in [3.8, 4) is 0 Å². The molecule has 0 rings (SSSR count). The summed E-state index contributed by atoms with van der Waals surface area (Å²) < 4.78 is 5.55. The van der Waals surface area contributed by atoms with Crippen molar-refractivity contribution in [3.05, 3.63) is 12.2 Å². The van der Waals surface area contributed by atoms with Gasteiger partial charge in [-0.25, -0.2) is 0 Å². The number of ether oxygens (including phenoxy) is 1. The molecule has 0 bridgehead atoms. The Kier molecular flexibility index (Phi) is 29.2. The maximum absolute atomic E-state index is 12.2. The van der Waals surface area contributed by atoms with Crippen molar-refractivity contribution in [2.45, 2.75) is 193 Å². The van der Waals surface area contributed by atoms with Gasteiger partial charge in [0, 0.05) is 6.42 Å². The molecule has 0 aliphatic heterocycles. The molecular formula is C34H64O4. The Balaban J connectivity index is 3.69. The van der Waals surface area contributed by atoms with Gasteiger partial charge < -0.3 is 9.84 Å². The van der Waals surface area contributed by atoms with Crippen LogP contribution in [0.25, 0.3) is 0 Å². The van der Waals surface area contributed by atoms with Crippen molar-refractivity contribution in [3.63, 3.8) is 0 Å². The Labute approximate surface area is 236 Å². The monoisotopic (exact) mass is 536 g/mol. The highest BCUT2D eigenvalue weighted by molar-refractivity contribution is 5.71. The average Bonchev–Trinajstić information content (AvgIpc) is 2.89. The lowest BCUT2D eigenvalue weighted by molar-refractivity contribution is -0.153. The Morgan fingerprint density at radius 3 is 1.45 bits per heavy atom. The van der Waals surface area contributed by atoms with Crippen molar-refractivity contribution in [2.75, 3.05) is 0 Å². The molecule has 0 radical (unpaired) electrons. The van der Waals surface area contributed by atoms with E-state index in [1.54, 1.807) is 0 Å². The number of hydrogen-bond donors (Lipinski definition) is 1. The first-order chi connectivity index (χ1) is 18.6. The van der Waals surface area contributed by atoms with Crippen LogP contribution in [0.5, 0.6) is 0 Å². The minimum absolute atomic E-state index is 0.0733. The van der Waals surface area contributed by atoms with Crippen LogP contribution in [0.3, 0.4) is 0 Å². The third kappa shape index (κ3) is 29.2. The number of hydrogen-bond acceptors (Lipinski definition) is 3.